The van der Waals surface area contributed by atoms with Gasteiger partial charge in [-0.25, -0.2) is 0 Å². The third-order valence-electron chi connectivity index (χ3n) is 17.8. The summed E-state index contributed by atoms with van der Waals surface area (Å²) in [5, 5.41) is 10.2. The summed E-state index contributed by atoms with van der Waals surface area (Å²) in [5.41, 5.74) is 18.1. The van der Waals surface area contributed by atoms with E-state index < -0.39 is 0 Å². The van der Waals surface area contributed by atoms with E-state index in [-0.39, 0.29) is 10.7 Å². The van der Waals surface area contributed by atoms with Crippen LogP contribution in [0.2, 0.25) is 0 Å². The predicted molar refractivity (Wildman–Crippen MR) is 391 cm³/mol. The fraction of sp³-hybridized carbons (Fsp3) is 0.317. The molecular weight excluding hydrogens is 1180 g/mol. The van der Waals surface area contributed by atoms with Crippen LogP contribution in [0.5, 0.6) is 0 Å². The third kappa shape index (κ3) is 14.3. The molecule has 1 aliphatic rings. The highest BCUT2D eigenvalue weighted by Crippen LogP contribution is 2.36. The number of halogens is 4. The van der Waals surface area contributed by atoms with E-state index in [4.69, 9.17) is 46.4 Å². The summed E-state index contributed by atoms with van der Waals surface area (Å²) in [6, 6.07) is 54.5. The molecule has 0 radical (unpaired) electrons. The van der Waals surface area contributed by atoms with Gasteiger partial charge in [0.2, 0.25) is 0 Å². The number of nitrogens with zero attached hydrogens (tertiary/aromatic N) is 4. The molecule has 4 aromatic heterocycles. The molecule has 0 N–H and O–H groups in total. The third-order valence-corrected chi connectivity index (χ3v) is 17.8. The lowest BCUT2D eigenvalue weighted by molar-refractivity contribution is 0.602. The fourth-order valence-electron chi connectivity index (χ4n) is 13.4. The first kappa shape index (κ1) is 63.9. The average molecular weight is 1260 g/mol. The molecule has 456 valence electrons. The van der Waals surface area contributed by atoms with Gasteiger partial charge < -0.3 is 18.3 Å². The van der Waals surface area contributed by atoms with Crippen molar-refractivity contribution < 1.29 is 0 Å². The second-order valence-corrected chi connectivity index (χ2v) is 25.5. The molecule has 90 heavy (non-hydrogen) atoms. The number of unbranched alkanes of at least 4 members (excludes halogenated alkanes) is 12. The molecule has 8 aromatic carbocycles. The lowest BCUT2D eigenvalue weighted by Crippen LogP contribution is -1.98. The number of aryl methyl sites for hydroxylation is 4. The van der Waals surface area contributed by atoms with Gasteiger partial charge in [0.25, 0.3) is 0 Å². The van der Waals surface area contributed by atoms with Gasteiger partial charge in [-0.2, -0.15) is 0 Å². The molecule has 8 heteroatoms. The Morgan fingerprint density at radius 1 is 0.222 bits per heavy atom. The molecule has 0 fully saturated rings. The molecule has 16 bridgehead atoms. The van der Waals surface area contributed by atoms with E-state index in [2.05, 4.69) is 239 Å². The second kappa shape index (κ2) is 30.9. The van der Waals surface area contributed by atoms with Crippen LogP contribution in [0, 0.1) is 47.4 Å². The number of alkyl halides is 4. The van der Waals surface area contributed by atoms with E-state index in [1.807, 2.05) is 0 Å². The first-order valence-corrected chi connectivity index (χ1v) is 35.0. The molecule has 12 aromatic rings. The number of hydrogen-bond donors (Lipinski definition) is 0. The molecule has 0 saturated heterocycles. The van der Waals surface area contributed by atoms with Gasteiger partial charge in [-0.15, -0.1) is 46.4 Å². The first-order chi connectivity index (χ1) is 44.3. The first-order valence-electron chi connectivity index (χ1n) is 32.9. The van der Waals surface area contributed by atoms with Gasteiger partial charge in [0.15, 0.2) is 0 Å². The lowest BCUT2D eigenvalue weighted by atomic mass is 10.0. The Kier molecular flexibility index (Phi) is 22.0. The highest BCUT2D eigenvalue weighted by atomic mass is 35.5. The van der Waals surface area contributed by atoms with Crippen molar-refractivity contribution >= 4 is 134 Å². The maximum Gasteiger partial charge on any atom is 0.0967 e. The van der Waals surface area contributed by atoms with Crippen LogP contribution in [-0.4, -0.2) is 28.9 Å². The Balaban J connectivity index is 0.00000134. The minimum atomic E-state index is 0.194. The highest BCUT2D eigenvalue weighted by molar-refractivity contribution is 6.41. The summed E-state index contributed by atoms with van der Waals surface area (Å²) < 4.78 is 10.1. The molecule has 0 unspecified atom stereocenters. The number of fused-ring (bicyclic) bond motifs is 8. The van der Waals surface area contributed by atoms with Gasteiger partial charge in [0.05, 0.1) is 10.7 Å². The van der Waals surface area contributed by atoms with Crippen molar-refractivity contribution in [3.8, 4) is 47.4 Å². The van der Waals surface area contributed by atoms with E-state index in [1.165, 1.54) is 164 Å². The minimum Gasteiger partial charge on any atom is -0.340 e. The molecule has 0 spiro atoms. The highest BCUT2D eigenvalue weighted by Gasteiger charge is 2.17. The summed E-state index contributed by atoms with van der Waals surface area (Å²) in [6.07, 6.45) is 19.4. The van der Waals surface area contributed by atoms with Crippen LogP contribution >= 0.6 is 46.4 Å². The van der Waals surface area contributed by atoms with Gasteiger partial charge in [-0.1, -0.05) is 152 Å². The van der Waals surface area contributed by atoms with Gasteiger partial charge in [0.1, 0.15) is 0 Å². The Bertz CT molecular complexity index is 3950. The summed E-state index contributed by atoms with van der Waals surface area (Å²) >= 11 is 19.1. The SMILES string of the molecule is CCCCCCn1c2ccc3cc2c2cc(ccc21)C#Cc1ccc2c(c1)c1cc(ccc1n2CCCCCC)C#Cc1ccc2c(c1)c1cc(ccc1n2CCCCCC)C#Cc1ccc2c(c1)c1cc(ccc1n2CCCCCC)C#C3.ClCCl.ClCCl. The average Bonchev–Trinajstić information content (AvgIpc) is 1.75. The van der Waals surface area contributed by atoms with Crippen molar-refractivity contribution in [2.45, 2.75) is 157 Å². The van der Waals surface area contributed by atoms with E-state index >= 15 is 0 Å². The van der Waals surface area contributed by atoms with E-state index in [1.54, 1.807) is 0 Å². The number of benzene rings is 8. The smallest absolute Gasteiger partial charge is 0.0967 e. The summed E-state index contributed by atoms with van der Waals surface area (Å²) in [7, 11) is 0. The Morgan fingerprint density at radius 2 is 0.367 bits per heavy atom. The van der Waals surface area contributed by atoms with Crippen molar-refractivity contribution in [1.82, 2.24) is 18.3 Å². The Labute approximate surface area is 552 Å². The van der Waals surface area contributed by atoms with Crippen LogP contribution in [0.15, 0.2) is 146 Å². The number of rotatable bonds is 20. The molecule has 4 heterocycles. The van der Waals surface area contributed by atoms with Crippen LogP contribution in [0.1, 0.15) is 175 Å². The van der Waals surface area contributed by atoms with Crippen molar-refractivity contribution in [2.75, 3.05) is 10.7 Å². The standard InChI is InChI=1S/C80H76N4.2CH2Cl2/c1-5-9-13-17-45-81-73-37-29-57-21-23-59-31-39-75-67(51-59)69-53-61(33-41-77(69)82(75)46-18-14-10-6-2)25-27-63-35-43-79-71(55-63)72-56-64(36-44-80(72)84(79)48-20-16-12-8-4)28-26-62-34-42-78-70(54-62)68-52-60(32-40-76(68)83(78)47-19-15-11-7-3)24-22-58-30-38-74(81)66(50-58)65(73)49-57;2*2-1-3/h29-44,49-56H,5-20,45-48H2,1-4H3;2*1H2. The zero-order valence-electron chi connectivity index (χ0n) is 52.7. The molecule has 0 aliphatic heterocycles. The van der Waals surface area contributed by atoms with Gasteiger partial charge in [0, 0.05) is 158 Å². The zero-order chi connectivity index (χ0) is 62.3. The van der Waals surface area contributed by atoms with Crippen LogP contribution in [0.3, 0.4) is 0 Å². The second-order valence-electron chi connectivity index (χ2n) is 23.9. The summed E-state index contributed by atoms with van der Waals surface area (Å²) in [4.78, 5) is 0. The van der Waals surface area contributed by atoms with Gasteiger partial charge >= 0.3 is 0 Å². The van der Waals surface area contributed by atoms with Crippen LogP contribution < -0.4 is 0 Å². The van der Waals surface area contributed by atoms with E-state index in [0.29, 0.717) is 0 Å². The maximum atomic E-state index is 4.76. The normalized spacial score (nSPS) is 11.6. The van der Waals surface area contributed by atoms with Crippen molar-refractivity contribution in [1.29, 1.82) is 0 Å². The Morgan fingerprint density at radius 3 is 0.500 bits per heavy atom. The molecule has 0 atom stereocenters. The number of hydrogen-bond acceptors (Lipinski definition) is 0. The maximum absolute atomic E-state index is 4.76. The molecule has 13 rings (SSSR count). The Hall–Kier alpha value is -7.64. The molecule has 0 saturated carbocycles. The monoisotopic (exact) mass is 1260 g/mol. The van der Waals surface area contributed by atoms with Crippen LogP contribution in [-0.2, 0) is 26.2 Å². The topological polar surface area (TPSA) is 19.7 Å². The zero-order valence-corrected chi connectivity index (χ0v) is 55.7. The van der Waals surface area contributed by atoms with Crippen molar-refractivity contribution in [3.63, 3.8) is 0 Å². The summed E-state index contributed by atoms with van der Waals surface area (Å²) in [6.45, 7) is 13.1. The molecule has 0 amide bonds. The van der Waals surface area contributed by atoms with Crippen LogP contribution in [0.25, 0.3) is 87.2 Å². The van der Waals surface area contributed by atoms with Crippen molar-refractivity contribution in [2.24, 2.45) is 0 Å². The molecular formula is C82H80Cl4N4. The fourth-order valence-corrected chi connectivity index (χ4v) is 13.4. The van der Waals surface area contributed by atoms with E-state index in [9.17, 15) is 0 Å². The lowest BCUT2D eigenvalue weighted by Gasteiger charge is -2.07. The summed E-state index contributed by atoms with van der Waals surface area (Å²) in [5.74, 6) is 29.1. The quantitative estimate of drug-likeness (QED) is 0.0412. The molecule has 4 nitrogen and oxygen atoms in total. The van der Waals surface area contributed by atoms with E-state index in [0.717, 1.165) is 96.4 Å². The van der Waals surface area contributed by atoms with Gasteiger partial charge in [-0.05, 0) is 171 Å². The minimum absolute atomic E-state index is 0.194. The van der Waals surface area contributed by atoms with Gasteiger partial charge in [-0.3, -0.25) is 0 Å². The largest absolute Gasteiger partial charge is 0.340 e. The molecule has 1 aliphatic carbocycles. The number of aromatic nitrogens is 4. The van der Waals surface area contributed by atoms with Crippen LogP contribution in [0.4, 0.5) is 0 Å². The predicted octanol–water partition coefficient (Wildman–Crippen LogP) is 23.2. The van der Waals surface area contributed by atoms with Crippen molar-refractivity contribution in [3.05, 3.63) is 190 Å².